The number of para-hydroxylation sites is 1. The zero-order chi connectivity index (χ0) is 15.9. The summed E-state index contributed by atoms with van der Waals surface area (Å²) in [5, 5.41) is 3.44. The van der Waals surface area contributed by atoms with Crippen LogP contribution in [0.4, 0.5) is 0 Å². The summed E-state index contributed by atoms with van der Waals surface area (Å²) in [7, 11) is 1.99. The lowest BCUT2D eigenvalue weighted by Crippen LogP contribution is -2.30. The number of hydrogen-bond donors (Lipinski definition) is 0. The molecule has 23 heavy (non-hydrogen) atoms. The molecule has 3 aromatic heterocycles. The molecule has 0 aliphatic carbocycles. The van der Waals surface area contributed by atoms with Crippen LogP contribution in [-0.2, 0) is 7.05 Å². The molecule has 112 valence electrons. The number of imidazole rings is 1. The van der Waals surface area contributed by atoms with Gasteiger partial charge in [-0.3, -0.25) is 0 Å². The summed E-state index contributed by atoms with van der Waals surface area (Å²) in [6, 6.07) is 10.3. The molecule has 0 saturated heterocycles. The number of nitrogens with zero attached hydrogens (tertiary/aromatic N) is 3. The van der Waals surface area contributed by atoms with Gasteiger partial charge in [0.05, 0.1) is 23.5 Å². The van der Waals surface area contributed by atoms with E-state index in [9.17, 15) is 4.79 Å². The van der Waals surface area contributed by atoms with E-state index >= 15 is 0 Å². The van der Waals surface area contributed by atoms with Crippen LogP contribution in [0, 0.1) is 13.8 Å². The Bertz CT molecular complexity index is 1310. The second kappa shape index (κ2) is 3.90. The largest absolute Gasteiger partial charge is 0.425 e. The van der Waals surface area contributed by atoms with E-state index in [1.807, 2.05) is 46.6 Å². The van der Waals surface area contributed by atoms with Crippen molar-refractivity contribution in [1.82, 2.24) is 8.80 Å². The van der Waals surface area contributed by atoms with Crippen LogP contribution in [-0.4, -0.2) is 8.80 Å². The third kappa shape index (κ3) is 1.32. The average molecular weight is 302 g/mol. The SMILES string of the molecule is Cc1cc2c3ccccc3n3c(=O)n4cc[n+](C)c4c(c1C)c23. The first-order valence-corrected chi connectivity index (χ1v) is 7.75. The number of aromatic nitrogens is 3. The minimum atomic E-state index is -0.0115. The first-order chi connectivity index (χ1) is 11.1. The van der Waals surface area contributed by atoms with E-state index in [0.29, 0.717) is 0 Å². The minimum absolute atomic E-state index is 0.0115. The molecule has 4 nitrogen and oxygen atoms in total. The smallest absolute Gasteiger partial charge is 0.240 e. The molecule has 5 rings (SSSR count). The quantitative estimate of drug-likeness (QED) is 0.405. The Kier molecular flexibility index (Phi) is 2.14. The first-order valence-electron chi connectivity index (χ1n) is 7.75. The van der Waals surface area contributed by atoms with E-state index in [-0.39, 0.29) is 5.69 Å². The summed E-state index contributed by atoms with van der Waals surface area (Å²) in [6.07, 6.45) is 3.79. The molecule has 0 bridgehead atoms. The molecule has 3 heterocycles. The summed E-state index contributed by atoms with van der Waals surface area (Å²) in [4.78, 5) is 13.1. The lowest BCUT2D eigenvalue weighted by molar-refractivity contribution is -0.643. The maximum absolute atomic E-state index is 13.1. The molecule has 0 aliphatic rings. The molecule has 0 aliphatic heterocycles. The Morgan fingerprint density at radius 3 is 2.70 bits per heavy atom. The van der Waals surface area contributed by atoms with E-state index in [1.54, 1.807) is 4.40 Å². The van der Waals surface area contributed by atoms with E-state index in [2.05, 4.69) is 26.0 Å². The maximum Gasteiger partial charge on any atom is 0.425 e. The molecule has 0 atom stereocenters. The third-order valence-corrected chi connectivity index (χ3v) is 5.10. The number of rotatable bonds is 0. The van der Waals surface area contributed by atoms with Crippen LogP contribution < -0.4 is 10.3 Å². The normalized spacial score (nSPS) is 12.3. The van der Waals surface area contributed by atoms with Gasteiger partial charge >= 0.3 is 5.69 Å². The molecule has 0 saturated carbocycles. The second-order valence-electron chi connectivity index (χ2n) is 6.33. The standard InChI is InChI=1S/C19H16N3O/c1-11-10-14-13-6-4-5-7-15(13)22-17(14)16(12(11)2)18-20(3)8-9-21(18)19(22)23/h4-10H,1-3H3/q+1. The van der Waals surface area contributed by atoms with Crippen molar-refractivity contribution < 1.29 is 4.57 Å². The molecule has 0 amide bonds. The highest BCUT2D eigenvalue weighted by atomic mass is 16.1. The summed E-state index contributed by atoms with van der Waals surface area (Å²) in [5.41, 5.74) is 5.42. The van der Waals surface area contributed by atoms with Gasteiger partial charge in [-0.2, -0.15) is 0 Å². The summed E-state index contributed by atoms with van der Waals surface area (Å²) >= 11 is 0. The van der Waals surface area contributed by atoms with Crippen LogP contribution in [0.25, 0.3) is 32.8 Å². The Morgan fingerprint density at radius 2 is 1.87 bits per heavy atom. The van der Waals surface area contributed by atoms with Gasteiger partial charge in [0.25, 0.3) is 5.65 Å². The van der Waals surface area contributed by atoms with Crippen LogP contribution in [0.1, 0.15) is 11.1 Å². The van der Waals surface area contributed by atoms with Gasteiger partial charge in [0.15, 0.2) is 0 Å². The summed E-state index contributed by atoms with van der Waals surface area (Å²) in [5.74, 6) is 0. The van der Waals surface area contributed by atoms with Crippen LogP contribution >= 0.6 is 0 Å². The fourth-order valence-corrected chi connectivity index (χ4v) is 3.87. The van der Waals surface area contributed by atoms with E-state index in [4.69, 9.17) is 0 Å². The van der Waals surface area contributed by atoms with Gasteiger partial charge in [-0.15, -0.1) is 4.40 Å². The summed E-state index contributed by atoms with van der Waals surface area (Å²) < 4.78 is 5.64. The first kappa shape index (κ1) is 12.6. The van der Waals surface area contributed by atoms with Gasteiger partial charge in [0.1, 0.15) is 12.4 Å². The molecule has 0 spiro atoms. The fraction of sp³-hybridized carbons (Fsp3) is 0.158. The molecule has 0 N–H and O–H groups in total. The van der Waals surface area contributed by atoms with Gasteiger partial charge in [-0.25, -0.2) is 13.8 Å². The van der Waals surface area contributed by atoms with Gasteiger partial charge in [0, 0.05) is 10.8 Å². The number of fused-ring (bicyclic) bond motifs is 5. The monoisotopic (exact) mass is 302 g/mol. The van der Waals surface area contributed by atoms with Crippen molar-refractivity contribution in [1.29, 1.82) is 0 Å². The Morgan fingerprint density at radius 1 is 1.09 bits per heavy atom. The molecule has 0 unspecified atom stereocenters. The predicted molar refractivity (Wildman–Crippen MR) is 91.5 cm³/mol. The lowest BCUT2D eigenvalue weighted by atomic mass is 10.0. The highest BCUT2D eigenvalue weighted by Gasteiger charge is 2.24. The van der Waals surface area contributed by atoms with Crippen molar-refractivity contribution in [3.8, 4) is 0 Å². The average Bonchev–Trinajstić information content (AvgIpc) is 3.08. The molecule has 4 heteroatoms. The topological polar surface area (TPSA) is 29.8 Å². The highest BCUT2D eigenvalue weighted by Crippen LogP contribution is 2.35. The molecule has 0 radical (unpaired) electrons. The fourth-order valence-electron chi connectivity index (χ4n) is 3.87. The molecule has 5 aromatic rings. The molecular weight excluding hydrogens is 286 g/mol. The van der Waals surface area contributed by atoms with Crippen molar-refractivity contribution in [2.45, 2.75) is 13.8 Å². The van der Waals surface area contributed by atoms with Crippen molar-refractivity contribution in [3.63, 3.8) is 0 Å². The maximum atomic E-state index is 13.1. The predicted octanol–water partition coefficient (Wildman–Crippen LogP) is 2.74. The molecular formula is C19H16N3O+. The van der Waals surface area contributed by atoms with Crippen molar-refractivity contribution >= 4 is 32.8 Å². The zero-order valence-electron chi connectivity index (χ0n) is 13.3. The van der Waals surface area contributed by atoms with Gasteiger partial charge in [0.2, 0.25) is 0 Å². The van der Waals surface area contributed by atoms with E-state index in [0.717, 1.165) is 32.8 Å². The second-order valence-corrected chi connectivity index (χ2v) is 6.33. The number of benzene rings is 2. The Hall–Kier alpha value is -2.88. The van der Waals surface area contributed by atoms with Gasteiger partial charge in [-0.1, -0.05) is 18.2 Å². The molecule has 0 fully saturated rings. The Balaban J connectivity index is 2.35. The lowest BCUT2D eigenvalue weighted by Gasteiger charge is -2.07. The van der Waals surface area contributed by atoms with Gasteiger partial charge in [-0.05, 0) is 37.1 Å². The zero-order valence-corrected chi connectivity index (χ0v) is 13.3. The molecule has 2 aromatic carbocycles. The van der Waals surface area contributed by atoms with Gasteiger partial charge < -0.3 is 0 Å². The number of hydrogen-bond acceptors (Lipinski definition) is 1. The number of aryl methyl sites for hydroxylation is 3. The van der Waals surface area contributed by atoms with E-state index in [1.165, 1.54) is 11.1 Å². The highest BCUT2D eigenvalue weighted by molar-refractivity contribution is 6.17. The van der Waals surface area contributed by atoms with Crippen molar-refractivity contribution in [2.75, 3.05) is 0 Å². The summed E-state index contributed by atoms with van der Waals surface area (Å²) in [6.45, 7) is 4.28. The van der Waals surface area contributed by atoms with Crippen LogP contribution in [0.15, 0.2) is 47.5 Å². The van der Waals surface area contributed by atoms with Crippen LogP contribution in [0.5, 0.6) is 0 Å². The van der Waals surface area contributed by atoms with Crippen LogP contribution in [0.3, 0.4) is 0 Å². The third-order valence-electron chi connectivity index (χ3n) is 5.10. The van der Waals surface area contributed by atoms with Crippen molar-refractivity contribution in [2.24, 2.45) is 7.05 Å². The van der Waals surface area contributed by atoms with Crippen molar-refractivity contribution in [3.05, 3.63) is 64.3 Å². The minimum Gasteiger partial charge on any atom is -0.240 e. The van der Waals surface area contributed by atoms with E-state index < -0.39 is 0 Å². The Labute approximate surface area is 132 Å². The van der Waals surface area contributed by atoms with Crippen LogP contribution in [0.2, 0.25) is 0 Å².